The first-order valence-electron chi connectivity index (χ1n) is 10.7. The van der Waals surface area contributed by atoms with Gasteiger partial charge < -0.3 is 15.1 Å². The molecular formula is C23H30N4O2. The van der Waals surface area contributed by atoms with E-state index in [9.17, 15) is 9.59 Å². The summed E-state index contributed by atoms with van der Waals surface area (Å²) in [6.07, 6.45) is 5.42. The van der Waals surface area contributed by atoms with Crippen molar-refractivity contribution in [2.24, 2.45) is 5.92 Å². The number of hydrogen-bond donors (Lipinski definition) is 1. The number of pyridine rings is 1. The monoisotopic (exact) mass is 394 g/mol. The topological polar surface area (TPSA) is 65.5 Å². The third-order valence-electron chi connectivity index (χ3n) is 6.52. The highest BCUT2D eigenvalue weighted by molar-refractivity contribution is 5.98. The summed E-state index contributed by atoms with van der Waals surface area (Å²) >= 11 is 0. The number of hydrogen-bond acceptors (Lipinski definition) is 4. The minimum Gasteiger partial charge on any atom is -0.347 e. The number of piperidine rings is 2. The smallest absolute Gasteiger partial charge is 0.251 e. The van der Waals surface area contributed by atoms with E-state index in [0.29, 0.717) is 5.56 Å². The standard InChI is InChI=1S/C23H30N4O2/c1-16-20(6-4-12-27(16)23(29)18-9-13-26(2)14-10-18)25-22(28)19-8-7-17-5-3-11-24-21(17)15-19/h3,5,7-8,11,15-16,18,20H,4,6,9-10,12-14H2,1-2H3,(H,25,28). The van der Waals surface area contributed by atoms with E-state index in [4.69, 9.17) is 0 Å². The summed E-state index contributed by atoms with van der Waals surface area (Å²) in [7, 11) is 2.11. The van der Waals surface area contributed by atoms with Crippen molar-refractivity contribution in [1.29, 1.82) is 0 Å². The van der Waals surface area contributed by atoms with E-state index >= 15 is 0 Å². The van der Waals surface area contributed by atoms with Gasteiger partial charge in [-0.2, -0.15) is 0 Å². The lowest BCUT2D eigenvalue weighted by atomic mass is 9.91. The maximum Gasteiger partial charge on any atom is 0.251 e. The van der Waals surface area contributed by atoms with Crippen LogP contribution in [0.15, 0.2) is 36.5 Å². The quantitative estimate of drug-likeness (QED) is 0.869. The van der Waals surface area contributed by atoms with E-state index in [1.165, 1.54) is 0 Å². The molecule has 29 heavy (non-hydrogen) atoms. The van der Waals surface area contributed by atoms with Crippen LogP contribution in [0.3, 0.4) is 0 Å². The molecule has 2 fully saturated rings. The number of amides is 2. The Hall–Kier alpha value is -2.47. The summed E-state index contributed by atoms with van der Waals surface area (Å²) < 4.78 is 0. The number of nitrogens with one attached hydrogen (secondary N) is 1. The Bertz CT molecular complexity index is 891. The zero-order chi connectivity index (χ0) is 20.4. The van der Waals surface area contributed by atoms with Gasteiger partial charge in [-0.05, 0) is 70.9 Å². The van der Waals surface area contributed by atoms with Gasteiger partial charge in [-0.25, -0.2) is 0 Å². The van der Waals surface area contributed by atoms with Crippen molar-refractivity contribution in [1.82, 2.24) is 20.1 Å². The summed E-state index contributed by atoms with van der Waals surface area (Å²) in [4.78, 5) is 34.6. The predicted octanol–water partition coefficient (Wildman–Crippen LogP) is 2.69. The van der Waals surface area contributed by atoms with Gasteiger partial charge in [-0.15, -0.1) is 0 Å². The van der Waals surface area contributed by atoms with E-state index in [1.807, 2.05) is 35.2 Å². The van der Waals surface area contributed by atoms with Crippen LogP contribution in [0.4, 0.5) is 0 Å². The van der Waals surface area contributed by atoms with Crippen molar-refractivity contribution >= 4 is 22.7 Å². The molecule has 6 heteroatoms. The lowest BCUT2D eigenvalue weighted by Gasteiger charge is -2.42. The minimum atomic E-state index is -0.0945. The lowest BCUT2D eigenvalue weighted by molar-refractivity contribution is -0.141. The average Bonchev–Trinajstić information content (AvgIpc) is 2.75. The van der Waals surface area contributed by atoms with Gasteiger partial charge in [0.1, 0.15) is 0 Å². The molecule has 0 radical (unpaired) electrons. The molecule has 1 aromatic heterocycles. The molecule has 2 amide bonds. The molecule has 4 rings (SSSR count). The molecule has 2 aromatic rings. The van der Waals surface area contributed by atoms with Crippen LogP contribution in [-0.2, 0) is 4.79 Å². The summed E-state index contributed by atoms with van der Waals surface area (Å²) in [6, 6.07) is 9.47. The second kappa shape index (κ2) is 8.49. The number of fused-ring (bicyclic) bond motifs is 1. The molecular weight excluding hydrogens is 364 g/mol. The molecule has 3 heterocycles. The highest BCUT2D eigenvalue weighted by Gasteiger charge is 2.36. The van der Waals surface area contributed by atoms with Gasteiger partial charge in [0.2, 0.25) is 5.91 Å². The average molecular weight is 395 g/mol. The number of carbonyl (C=O) groups is 2. The molecule has 0 bridgehead atoms. The fraction of sp³-hybridized carbons (Fsp3) is 0.522. The molecule has 2 unspecified atom stereocenters. The predicted molar refractivity (Wildman–Crippen MR) is 114 cm³/mol. The Morgan fingerprint density at radius 1 is 1.10 bits per heavy atom. The van der Waals surface area contributed by atoms with Gasteiger partial charge >= 0.3 is 0 Å². The number of nitrogens with zero attached hydrogens (tertiary/aromatic N) is 3. The highest BCUT2D eigenvalue weighted by atomic mass is 16.2. The van der Waals surface area contributed by atoms with Crippen molar-refractivity contribution in [2.75, 3.05) is 26.7 Å². The van der Waals surface area contributed by atoms with Gasteiger partial charge in [0.15, 0.2) is 0 Å². The zero-order valence-corrected chi connectivity index (χ0v) is 17.3. The van der Waals surface area contributed by atoms with E-state index in [2.05, 4.69) is 29.2 Å². The molecule has 0 spiro atoms. The van der Waals surface area contributed by atoms with Gasteiger partial charge in [-0.3, -0.25) is 14.6 Å². The molecule has 1 aromatic carbocycles. The molecule has 2 aliphatic rings. The van der Waals surface area contributed by atoms with Crippen LogP contribution in [0.5, 0.6) is 0 Å². The Labute approximate surface area is 172 Å². The Morgan fingerprint density at radius 3 is 2.69 bits per heavy atom. The van der Waals surface area contributed by atoms with Crippen molar-refractivity contribution in [3.8, 4) is 0 Å². The third kappa shape index (κ3) is 4.27. The lowest BCUT2D eigenvalue weighted by Crippen LogP contribution is -2.57. The number of benzene rings is 1. The van der Waals surface area contributed by atoms with E-state index < -0.39 is 0 Å². The van der Waals surface area contributed by atoms with E-state index in [1.54, 1.807) is 6.20 Å². The molecule has 6 nitrogen and oxygen atoms in total. The maximum absolute atomic E-state index is 13.1. The second-order valence-electron chi connectivity index (χ2n) is 8.48. The fourth-order valence-electron chi connectivity index (χ4n) is 4.60. The van der Waals surface area contributed by atoms with Crippen LogP contribution in [0.1, 0.15) is 43.0 Å². The van der Waals surface area contributed by atoms with Crippen LogP contribution in [-0.4, -0.2) is 65.4 Å². The Morgan fingerprint density at radius 2 is 1.90 bits per heavy atom. The van der Waals surface area contributed by atoms with Crippen LogP contribution < -0.4 is 5.32 Å². The number of carbonyl (C=O) groups excluding carboxylic acids is 2. The van der Waals surface area contributed by atoms with Crippen molar-refractivity contribution in [3.05, 3.63) is 42.1 Å². The molecule has 2 aliphatic heterocycles. The van der Waals surface area contributed by atoms with Gasteiger partial charge in [0.25, 0.3) is 5.91 Å². The second-order valence-corrected chi connectivity index (χ2v) is 8.48. The van der Waals surface area contributed by atoms with E-state index in [0.717, 1.165) is 56.2 Å². The van der Waals surface area contributed by atoms with Crippen LogP contribution in [0.2, 0.25) is 0 Å². The first-order valence-corrected chi connectivity index (χ1v) is 10.7. The van der Waals surface area contributed by atoms with Crippen molar-refractivity contribution < 1.29 is 9.59 Å². The van der Waals surface area contributed by atoms with Crippen molar-refractivity contribution in [2.45, 2.75) is 44.7 Å². The highest BCUT2D eigenvalue weighted by Crippen LogP contribution is 2.25. The van der Waals surface area contributed by atoms with Gasteiger partial charge in [0.05, 0.1) is 5.52 Å². The normalized spacial score (nSPS) is 23.9. The summed E-state index contributed by atoms with van der Waals surface area (Å²) in [6.45, 7) is 4.82. The summed E-state index contributed by atoms with van der Waals surface area (Å²) in [5.74, 6) is 0.289. The maximum atomic E-state index is 13.1. The minimum absolute atomic E-state index is 0.0124. The number of rotatable bonds is 3. The Balaban J connectivity index is 1.42. The van der Waals surface area contributed by atoms with E-state index in [-0.39, 0.29) is 29.8 Å². The zero-order valence-electron chi connectivity index (χ0n) is 17.3. The Kier molecular flexibility index (Phi) is 5.81. The fourth-order valence-corrected chi connectivity index (χ4v) is 4.60. The molecule has 154 valence electrons. The van der Waals surface area contributed by atoms with Crippen LogP contribution in [0, 0.1) is 5.92 Å². The molecule has 2 saturated heterocycles. The molecule has 1 N–H and O–H groups in total. The molecule has 0 aliphatic carbocycles. The first-order chi connectivity index (χ1) is 14.0. The number of likely N-dealkylation sites (tertiary alicyclic amines) is 2. The van der Waals surface area contributed by atoms with Crippen LogP contribution >= 0.6 is 0 Å². The third-order valence-corrected chi connectivity index (χ3v) is 6.52. The molecule has 2 atom stereocenters. The SMILES string of the molecule is CC1C(NC(=O)c2ccc3cccnc3c2)CCCN1C(=O)C1CCN(C)CC1. The van der Waals surface area contributed by atoms with Gasteiger partial charge in [-0.1, -0.05) is 12.1 Å². The van der Waals surface area contributed by atoms with Crippen LogP contribution in [0.25, 0.3) is 10.9 Å². The van der Waals surface area contributed by atoms with Crippen molar-refractivity contribution in [3.63, 3.8) is 0 Å². The summed E-state index contributed by atoms with van der Waals surface area (Å²) in [5.41, 5.74) is 1.43. The van der Waals surface area contributed by atoms with Gasteiger partial charge in [0, 0.05) is 41.7 Å². The number of aromatic nitrogens is 1. The molecule has 0 saturated carbocycles. The summed E-state index contributed by atoms with van der Waals surface area (Å²) in [5, 5.41) is 4.19. The largest absolute Gasteiger partial charge is 0.347 e. The first kappa shape index (κ1) is 19.8.